The highest BCUT2D eigenvalue weighted by atomic mass is 35.5. The molecule has 0 aromatic heterocycles. The number of hydrogen-bond acceptors (Lipinski definition) is 5. The minimum Gasteiger partial charge on any atom is -0.507 e. The van der Waals surface area contributed by atoms with Crippen molar-refractivity contribution in [3.8, 4) is 11.5 Å². The largest absolute Gasteiger partial charge is 0.507 e. The van der Waals surface area contributed by atoms with E-state index in [1.54, 1.807) is 42.5 Å². The Labute approximate surface area is 196 Å². The molecule has 3 aromatic carbocycles. The van der Waals surface area contributed by atoms with Gasteiger partial charge in [0.1, 0.15) is 17.3 Å². The molecule has 4 rings (SSSR count). The summed E-state index contributed by atoms with van der Waals surface area (Å²) in [6, 6.07) is 17.4. The average Bonchev–Trinajstić information content (AvgIpc) is 3.10. The maximum absolute atomic E-state index is 13.2. The van der Waals surface area contributed by atoms with Crippen molar-refractivity contribution in [3.05, 3.63) is 94.0 Å². The van der Waals surface area contributed by atoms with Crippen LogP contribution in [0.4, 0.5) is 5.69 Å². The molecule has 1 saturated heterocycles. The molecule has 7 heteroatoms. The van der Waals surface area contributed by atoms with Crippen LogP contribution in [0, 0.1) is 0 Å². The number of phenolic OH excluding ortho intramolecular Hbond substituents is 1. The van der Waals surface area contributed by atoms with Crippen molar-refractivity contribution in [2.75, 3.05) is 12.0 Å². The molecule has 0 radical (unpaired) electrons. The molecule has 1 aliphatic heterocycles. The van der Waals surface area contributed by atoms with Crippen LogP contribution >= 0.6 is 11.6 Å². The zero-order valence-corrected chi connectivity index (χ0v) is 18.8. The number of halogens is 1. The first-order valence-corrected chi connectivity index (χ1v) is 10.8. The first-order chi connectivity index (χ1) is 15.8. The fourth-order valence-corrected chi connectivity index (χ4v) is 4.11. The molecule has 0 aliphatic carbocycles. The molecule has 2 N–H and O–H groups in total. The molecule has 1 aliphatic rings. The number of aryl methyl sites for hydroxylation is 1. The van der Waals surface area contributed by atoms with Gasteiger partial charge >= 0.3 is 0 Å². The number of amides is 1. The Hall–Kier alpha value is -3.77. The Morgan fingerprint density at radius 2 is 1.79 bits per heavy atom. The Morgan fingerprint density at radius 1 is 1.06 bits per heavy atom. The fourth-order valence-electron chi connectivity index (χ4n) is 3.92. The number of methoxy groups -OCH3 is 1. The number of carbonyl (C=O) groups excluding carboxylic acids is 2. The van der Waals surface area contributed by atoms with E-state index in [2.05, 4.69) is 0 Å². The van der Waals surface area contributed by atoms with Crippen molar-refractivity contribution < 1.29 is 24.5 Å². The second kappa shape index (κ2) is 9.00. The Morgan fingerprint density at radius 3 is 2.42 bits per heavy atom. The van der Waals surface area contributed by atoms with Gasteiger partial charge in [-0.05, 0) is 41.8 Å². The van der Waals surface area contributed by atoms with Crippen LogP contribution in [-0.2, 0) is 16.0 Å². The predicted octanol–water partition coefficient (Wildman–Crippen LogP) is 5.24. The number of hydrogen-bond donors (Lipinski definition) is 2. The van der Waals surface area contributed by atoms with Gasteiger partial charge in [-0.15, -0.1) is 0 Å². The van der Waals surface area contributed by atoms with Crippen LogP contribution in [0.15, 0.2) is 72.3 Å². The molecule has 0 saturated carbocycles. The van der Waals surface area contributed by atoms with Gasteiger partial charge in [-0.1, -0.05) is 54.9 Å². The van der Waals surface area contributed by atoms with Crippen LogP contribution in [-0.4, -0.2) is 29.0 Å². The van der Waals surface area contributed by atoms with E-state index in [1.807, 2.05) is 19.1 Å². The lowest BCUT2D eigenvalue weighted by Crippen LogP contribution is -2.29. The molecule has 1 unspecified atom stereocenters. The number of rotatable bonds is 5. The maximum Gasteiger partial charge on any atom is 0.300 e. The molecule has 33 heavy (non-hydrogen) atoms. The summed E-state index contributed by atoms with van der Waals surface area (Å²) in [5.74, 6) is -1.51. The summed E-state index contributed by atoms with van der Waals surface area (Å²) < 4.78 is 5.28. The zero-order valence-electron chi connectivity index (χ0n) is 18.1. The summed E-state index contributed by atoms with van der Waals surface area (Å²) in [7, 11) is 1.50. The summed E-state index contributed by atoms with van der Waals surface area (Å²) in [5.41, 5.74) is 2.32. The number of Topliss-reactive ketones (excluding diaryl/α,β-unsaturated/α-hetero) is 1. The van der Waals surface area contributed by atoms with Crippen LogP contribution in [0.1, 0.15) is 29.7 Å². The number of aliphatic hydroxyl groups excluding tert-OH is 1. The van der Waals surface area contributed by atoms with Crippen LogP contribution in [0.2, 0.25) is 5.02 Å². The van der Waals surface area contributed by atoms with E-state index in [1.165, 1.54) is 24.1 Å². The van der Waals surface area contributed by atoms with Crippen LogP contribution in [0.25, 0.3) is 5.76 Å². The van der Waals surface area contributed by atoms with E-state index < -0.39 is 17.7 Å². The number of benzene rings is 3. The SMILES string of the molecule is CCc1ccc(/C(O)=C2/C(=O)C(=O)N(c3cccc(OC)c3)C2c2ccc(O)c(Cl)c2)cc1. The lowest BCUT2D eigenvalue weighted by Gasteiger charge is -2.26. The second-order valence-electron chi connectivity index (χ2n) is 7.63. The number of aromatic hydroxyl groups is 1. The normalized spacial score (nSPS) is 17.4. The Bertz CT molecular complexity index is 1270. The zero-order chi connectivity index (χ0) is 23.7. The number of ether oxygens (including phenoxy) is 1. The van der Waals surface area contributed by atoms with Crippen molar-refractivity contribution in [2.24, 2.45) is 0 Å². The van der Waals surface area contributed by atoms with Gasteiger partial charge in [-0.2, -0.15) is 0 Å². The minimum absolute atomic E-state index is 0.0613. The monoisotopic (exact) mass is 463 g/mol. The molecule has 1 amide bonds. The molecule has 0 bridgehead atoms. The molecule has 1 fully saturated rings. The molecule has 168 valence electrons. The fraction of sp³-hybridized carbons (Fsp3) is 0.154. The molecular formula is C26H22ClNO5. The van der Waals surface area contributed by atoms with Crippen LogP contribution in [0.3, 0.4) is 0 Å². The van der Waals surface area contributed by atoms with Crippen LogP contribution in [0.5, 0.6) is 11.5 Å². The third-order valence-electron chi connectivity index (χ3n) is 5.70. The average molecular weight is 464 g/mol. The number of anilines is 1. The minimum atomic E-state index is -0.957. The highest BCUT2D eigenvalue weighted by Gasteiger charge is 2.47. The van der Waals surface area contributed by atoms with Gasteiger partial charge in [0.2, 0.25) is 0 Å². The molecular weight excluding hydrogens is 442 g/mol. The topological polar surface area (TPSA) is 87.1 Å². The summed E-state index contributed by atoms with van der Waals surface area (Å²) in [6.07, 6.45) is 0.827. The molecule has 0 spiro atoms. The maximum atomic E-state index is 13.2. The highest BCUT2D eigenvalue weighted by Crippen LogP contribution is 2.44. The number of carbonyl (C=O) groups is 2. The third-order valence-corrected chi connectivity index (χ3v) is 6.00. The Kier molecular flexibility index (Phi) is 6.11. The lowest BCUT2D eigenvalue weighted by atomic mass is 9.94. The number of phenols is 1. The van der Waals surface area contributed by atoms with Crippen molar-refractivity contribution in [1.29, 1.82) is 0 Å². The third kappa shape index (κ3) is 4.05. The summed E-state index contributed by atoms with van der Waals surface area (Å²) >= 11 is 6.15. The van der Waals surface area contributed by atoms with E-state index in [4.69, 9.17) is 16.3 Å². The van der Waals surface area contributed by atoms with E-state index in [0.29, 0.717) is 22.6 Å². The first-order valence-electron chi connectivity index (χ1n) is 10.4. The molecule has 3 aromatic rings. The highest BCUT2D eigenvalue weighted by molar-refractivity contribution is 6.51. The van der Waals surface area contributed by atoms with Crippen molar-refractivity contribution in [3.63, 3.8) is 0 Å². The van der Waals surface area contributed by atoms with Crippen LogP contribution < -0.4 is 9.64 Å². The number of aliphatic hydroxyl groups is 1. The number of ketones is 1. The van der Waals surface area contributed by atoms with Gasteiger partial charge in [0.05, 0.1) is 23.7 Å². The summed E-state index contributed by atoms with van der Waals surface area (Å²) in [4.78, 5) is 27.7. The Balaban J connectivity index is 1.94. The van der Waals surface area contributed by atoms with Gasteiger partial charge in [0, 0.05) is 17.3 Å². The lowest BCUT2D eigenvalue weighted by molar-refractivity contribution is -0.132. The van der Waals surface area contributed by atoms with E-state index in [-0.39, 0.29) is 22.1 Å². The second-order valence-corrected chi connectivity index (χ2v) is 8.04. The van der Waals surface area contributed by atoms with Gasteiger partial charge < -0.3 is 14.9 Å². The van der Waals surface area contributed by atoms with Crippen molar-refractivity contribution in [2.45, 2.75) is 19.4 Å². The smallest absolute Gasteiger partial charge is 0.300 e. The standard InChI is InChI=1S/C26H22ClNO5/c1-3-15-7-9-16(10-8-15)24(30)22-23(17-11-12-21(29)20(27)13-17)28(26(32)25(22)31)18-5-4-6-19(14-18)33-2/h4-14,23,29-30H,3H2,1-2H3/b24-22-. The van der Waals surface area contributed by atoms with Crippen molar-refractivity contribution >= 4 is 34.7 Å². The molecule has 1 atom stereocenters. The van der Waals surface area contributed by atoms with Gasteiger partial charge in [-0.3, -0.25) is 14.5 Å². The predicted molar refractivity (Wildman–Crippen MR) is 127 cm³/mol. The first kappa shape index (κ1) is 22.4. The van der Waals surface area contributed by atoms with Gasteiger partial charge in [-0.25, -0.2) is 0 Å². The van der Waals surface area contributed by atoms with Crippen molar-refractivity contribution in [1.82, 2.24) is 0 Å². The molecule has 6 nitrogen and oxygen atoms in total. The molecule has 1 heterocycles. The van der Waals surface area contributed by atoms with E-state index >= 15 is 0 Å². The summed E-state index contributed by atoms with van der Waals surface area (Å²) in [6.45, 7) is 2.02. The quantitative estimate of drug-likeness (QED) is 0.307. The van der Waals surface area contributed by atoms with E-state index in [0.717, 1.165) is 12.0 Å². The summed E-state index contributed by atoms with van der Waals surface area (Å²) in [5, 5.41) is 21.1. The van der Waals surface area contributed by atoms with Gasteiger partial charge in [0.15, 0.2) is 0 Å². The number of nitrogens with zero attached hydrogens (tertiary/aromatic N) is 1. The van der Waals surface area contributed by atoms with Gasteiger partial charge in [0.25, 0.3) is 11.7 Å². The van der Waals surface area contributed by atoms with E-state index in [9.17, 15) is 19.8 Å².